The van der Waals surface area contributed by atoms with Gasteiger partial charge in [0.15, 0.2) is 11.5 Å². The molecule has 4 nitrogen and oxygen atoms in total. The number of rotatable bonds is 8. The van der Waals surface area contributed by atoms with Crippen molar-refractivity contribution in [1.29, 1.82) is 0 Å². The first-order valence-electron chi connectivity index (χ1n) is 8.80. The molecule has 0 aliphatic heterocycles. The second kappa shape index (κ2) is 10.9. The highest BCUT2D eigenvalue weighted by Crippen LogP contribution is 2.29. The lowest BCUT2D eigenvalue weighted by Crippen LogP contribution is -2.12. The number of pyridine rings is 1. The molecule has 0 bridgehead atoms. The van der Waals surface area contributed by atoms with Gasteiger partial charge in [-0.1, -0.05) is 53.6 Å². The number of aryl methyl sites for hydroxylation is 1. The minimum Gasteiger partial charge on any atom is -0.493 e. The summed E-state index contributed by atoms with van der Waals surface area (Å²) < 4.78 is 11.3. The zero-order chi connectivity index (χ0) is 19.1. The number of nitrogens with zero attached hydrogens (tertiary/aromatic N) is 1. The van der Waals surface area contributed by atoms with E-state index in [2.05, 4.69) is 41.5 Å². The van der Waals surface area contributed by atoms with Crippen LogP contribution < -0.4 is 14.8 Å². The van der Waals surface area contributed by atoms with Gasteiger partial charge in [-0.2, -0.15) is 0 Å². The summed E-state index contributed by atoms with van der Waals surface area (Å²) in [4.78, 5) is 4.06. The molecule has 1 heterocycles. The summed E-state index contributed by atoms with van der Waals surface area (Å²) in [6.07, 6.45) is 1.71. The molecule has 3 rings (SSSR count). The van der Waals surface area contributed by atoms with Crippen molar-refractivity contribution in [3.05, 3.63) is 88.2 Å². The molecule has 6 heteroatoms. The van der Waals surface area contributed by atoms with Crippen LogP contribution >= 0.6 is 24.0 Å². The Bertz CT molecular complexity index is 869. The predicted molar refractivity (Wildman–Crippen MR) is 116 cm³/mol. The number of hydrogen-bond donors (Lipinski definition) is 1. The Morgan fingerprint density at radius 2 is 1.57 bits per heavy atom. The third-order valence-electron chi connectivity index (χ3n) is 4.19. The number of ether oxygens (including phenoxy) is 2. The summed E-state index contributed by atoms with van der Waals surface area (Å²) in [5.74, 6) is 1.42. The Hall–Kier alpha value is -2.27. The molecule has 0 spiro atoms. The molecule has 0 saturated carbocycles. The van der Waals surface area contributed by atoms with Gasteiger partial charge in [-0.15, -0.1) is 12.4 Å². The molecule has 0 saturated heterocycles. The van der Waals surface area contributed by atoms with Crippen LogP contribution in [-0.4, -0.2) is 12.1 Å². The molecule has 0 radical (unpaired) electrons. The maximum Gasteiger partial charge on any atom is 0.161 e. The summed E-state index contributed by atoms with van der Waals surface area (Å²) in [7, 11) is 1.65. The van der Waals surface area contributed by atoms with Gasteiger partial charge in [0.25, 0.3) is 0 Å². The largest absolute Gasteiger partial charge is 0.493 e. The zero-order valence-electron chi connectivity index (χ0n) is 15.9. The van der Waals surface area contributed by atoms with Gasteiger partial charge < -0.3 is 14.8 Å². The van der Waals surface area contributed by atoms with Crippen LogP contribution in [0.2, 0.25) is 5.15 Å². The van der Waals surface area contributed by atoms with E-state index in [1.165, 1.54) is 11.1 Å². The van der Waals surface area contributed by atoms with Crippen molar-refractivity contribution in [3.63, 3.8) is 0 Å². The van der Waals surface area contributed by atoms with Crippen molar-refractivity contribution < 1.29 is 9.47 Å². The van der Waals surface area contributed by atoms with Crippen LogP contribution in [0.1, 0.15) is 22.3 Å². The first kappa shape index (κ1) is 22.0. The molecule has 28 heavy (non-hydrogen) atoms. The molecule has 1 N–H and O–H groups in total. The Kier molecular flexibility index (Phi) is 8.58. The first-order valence-corrected chi connectivity index (χ1v) is 9.18. The second-order valence-corrected chi connectivity index (χ2v) is 6.74. The van der Waals surface area contributed by atoms with E-state index in [1.807, 2.05) is 24.3 Å². The van der Waals surface area contributed by atoms with Gasteiger partial charge in [-0.05, 0) is 36.2 Å². The minimum absolute atomic E-state index is 0. The quantitative estimate of drug-likeness (QED) is 0.501. The summed E-state index contributed by atoms with van der Waals surface area (Å²) >= 11 is 5.80. The van der Waals surface area contributed by atoms with Gasteiger partial charge in [0.1, 0.15) is 11.8 Å². The van der Waals surface area contributed by atoms with Crippen LogP contribution in [0.4, 0.5) is 0 Å². The van der Waals surface area contributed by atoms with E-state index in [9.17, 15) is 0 Å². The highest BCUT2D eigenvalue weighted by atomic mass is 35.5. The van der Waals surface area contributed by atoms with E-state index in [1.54, 1.807) is 19.4 Å². The van der Waals surface area contributed by atoms with Gasteiger partial charge in [-0.25, -0.2) is 4.98 Å². The summed E-state index contributed by atoms with van der Waals surface area (Å²) in [5, 5.41) is 3.93. The van der Waals surface area contributed by atoms with Crippen LogP contribution in [0.5, 0.6) is 11.5 Å². The number of hydrogen-bond acceptors (Lipinski definition) is 4. The number of methoxy groups -OCH3 is 1. The Morgan fingerprint density at radius 1 is 0.893 bits per heavy atom. The lowest BCUT2D eigenvalue weighted by atomic mass is 10.1. The standard InChI is InChI=1S/C22H23ClN2O2.ClH/c1-16-3-5-17(6-4-16)12-24-13-18-7-9-20(21(11-18)26-2)27-15-19-8-10-22(23)25-14-19;/h3-11,14,24H,12-13,15H2,1-2H3;1H. The van der Waals surface area contributed by atoms with Gasteiger partial charge >= 0.3 is 0 Å². The lowest BCUT2D eigenvalue weighted by Gasteiger charge is -2.13. The average molecular weight is 419 g/mol. The van der Waals surface area contributed by atoms with Crippen molar-refractivity contribution in [2.24, 2.45) is 0 Å². The van der Waals surface area contributed by atoms with E-state index in [-0.39, 0.29) is 12.4 Å². The van der Waals surface area contributed by atoms with Gasteiger partial charge in [0.2, 0.25) is 0 Å². The lowest BCUT2D eigenvalue weighted by molar-refractivity contribution is 0.284. The summed E-state index contributed by atoms with van der Waals surface area (Å²) in [6.45, 7) is 4.08. The number of nitrogens with one attached hydrogen (secondary N) is 1. The van der Waals surface area contributed by atoms with Crippen LogP contribution in [0.25, 0.3) is 0 Å². The number of halogens is 2. The Morgan fingerprint density at radius 3 is 2.25 bits per heavy atom. The summed E-state index contributed by atoms with van der Waals surface area (Å²) in [5.41, 5.74) is 4.63. The second-order valence-electron chi connectivity index (χ2n) is 6.35. The summed E-state index contributed by atoms with van der Waals surface area (Å²) in [6, 6.07) is 18.2. The van der Waals surface area contributed by atoms with Gasteiger partial charge in [0, 0.05) is 24.8 Å². The third-order valence-corrected chi connectivity index (χ3v) is 4.41. The molecule has 0 fully saturated rings. The van der Waals surface area contributed by atoms with Crippen LogP contribution in [0, 0.1) is 6.92 Å². The molecular weight excluding hydrogens is 395 g/mol. The normalized spacial score (nSPS) is 10.2. The molecule has 0 atom stereocenters. The number of aromatic nitrogens is 1. The van der Waals surface area contributed by atoms with Crippen molar-refractivity contribution >= 4 is 24.0 Å². The molecule has 0 aliphatic carbocycles. The molecule has 0 unspecified atom stereocenters. The maximum atomic E-state index is 5.87. The fraction of sp³-hybridized carbons (Fsp3) is 0.227. The van der Waals surface area contributed by atoms with Gasteiger partial charge in [-0.3, -0.25) is 0 Å². The fourth-order valence-electron chi connectivity index (χ4n) is 2.65. The van der Waals surface area contributed by atoms with Crippen molar-refractivity contribution in [3.8, 4) is 11.5 Å². The molecule has 0 aliphatic rings. The predicted octanol–water partition coefficient (Wildman–Crippen LogP) is 5.34. The van der Waals surface area contributed by atoms with E-state index in [0.717, 1.165) is 24.2 Å². The first-order chi connectivity index (χ1) is 13.1. The smallest absolute Gasteiger partial charge is 0.161 e. The van der Waals surface area contributed by atoms with E-state index in [0.29, 0.717) is 23.3 Å². The Labute approximate surface area is 177 Å². The van der Waals surface area contributed by atoms with Crippen molar-refractivity contribution in [1.82, 2.24) is 10.3 Å². The monoisotopic (exact) mass is 418 g/mol. The number of benzene rings is 2. The van der Waals surface area contributed by atoms with Crippen LogP contribution in [-0.2, 0) is 19.7 Å². The fourth-order valence-corrected chi connectivity index (χ4v) is 2.76. The third kappa shape index (κ3) is 6.41. The van der Waals surface area contributed by atoms with Crippen LogP contribution in [0.3, 0.4) is 0 Å². The van der Waals surface area contributed by atoms with E-state index < -0.39 is 0 Å². The van der Waals surface area contributed by atoms with E-state index >= 15 is 0 Å². The van der Waals surface area contributed by atoms with Crippen LogP contribution in [0.15, 0.2) is 60.8 Å². The highest BCUT2D eigenvalue weighted by Gasteiger charge is 2.07. The maximum absolute atomic E-state index is 5.87. The SMILES string of the molecule is COc1cc(CNCc2ccc(C)cc2)ccc1OCc1ccc(Cl)nc1.Cl. The molecule has 1 aromatic heterocycles. The zero-order valence-corrected chi connectivity index (χ0v) is 17.5. The molecular formula is C22H24Cl2N2O2. The van der Waals surface area contributed by atoms with E-state index in [4.69, 9.17) is 21.1 Å². The molecule has 148 valence electrons. The van der Waals surface area contributed by atoms with Gasteiger partial charge in [0.05, 0.1) is 7.11 Å². The Balaban J connectivity index is 0.00000280. The average Bonchev–Trinajstić information content (AvgIpc) is 2.69. The molecule has 3 aromatic rings. The molecule has 0 amide bonds. The highest BCUT2D eigenvalue weighted by molar-refractivity contribution is 6.29. The topological polar surface area (TPSA) is 43.4 Å². The molecule has 2 aromatic carbocycles. The van der Waals surface area contributed by atoms with Crippen molar-refractivity contribution in [2.45, 2.75) is 26.6 Å². The van der Waals surface area contributed by atoms with Crippen molar-refractivity contribution in [2.75, 3.05) is 7.11 Å². The minimum atomic E-state index is 0.